The Hall–Kier alpha value is -3.13. The number of benzene rings is 1. The molecule has 32 heavy (non-hydrogen) atoms. The van der Waals surface area contributed by atoms with Crippen molar-refractivity contribution in [1.29, 1.82) is 0 Å². The molecule has 7 nitrogen and oxygen atoms in total. The fraction of sp³-hybridized carbons (Fsp3) is 0.375. The molecule has 2 amide bonds. The van der Waals surface area contributed by atoms with Crippen molar-refractivity contribution in [2.75, 3.05) is 4.90 Å². The first kappa shape index (κ1) is 22.1. The highest BCUT2D eigenvalue weighted by atomic mass is 32.1. The lowest BCUT2D eigenvalue weighted by Crippen LogP contribution is -2.46. The normalized spacial score (nSPS) is 15.0. The molecular formula is C24H27N5O2S. The second-order valence-corrected chi connectivity index (χ2v) is 8.99. The van der Waals surface area contributed by atoms with E-state index in [4.69, 9.17) is 0 Å². The Morgan fingerprint density at radius 2 is 1.72 bits per heavy atom. The van der Waals surface area contributed by atoms with E-state index in [0.717, 1.165) is 42.8 Å². The predicted octanol–water partition coefficient (Wildman–Crippen LogP) is 4.50. The monoisotopic (exact) mass is 449 g/mol. The van der Waals surface area contributed by atoms with Gasteiger partial charge in [-0.25, -0.2) is 0 Å². The summed E-state index contributed by atoms with van der Waals surface area (Å²) in [5.41, 5.74) is 2.71. The lowest BCUT2D eigenvalue weighted by atomic mass is 10.0. The molecule has 2 heterocycles. The van der Waals surface area contributed by atoms with Crippen molar-refractivity contribution >= 4 is 29.0 Å². The van der Waals surface area contributed by atoms with Crippen LogP contribution in [0.25, 0.3) is 0 Å². The van der Waals surface area contributed by atoms with E-state index in [0.29, 0.717) is 17.2 Å². The summed E-state index contributed by atoms with van der Waals surface area (Å²) in [5.74, 6) is -0.204. The second kappa shape index (κ2) is 9.99. The van der Waals surface area contributed by atoms with Gasteiger partial charge in [0.15, 0.2) is 5.69 Å². The number of anilines is 1. The average molecular weight is 450 g/mol. The molecule has 1 aliphatic carbocycles. The average Bonchev–Trinajstić information content (AvgIpc) is 3.52. The van der Waals surface area contributed by atoms with Crippen LogP contribution in [0.1, 0.15) is 73.1 Å². The number of hydrogen-bond acceptors (Lipinski definition) is 6. The van der Waals surface area contributed by atoms with Crippen molar-refractivity contribution in [1.82, 2.24) is 19.9 Å². The Balaban J connectivity index is 1.78. The van der Waals surface area contributed by atoms with Crippen LogP contribution in [-0.4, -0.2) is 32.4 Å². The first-order chi connectivity index (χ1) is 15.5. The molecular weight excluding hydrogens is 422 g/mol. The number of hydrogen-bond donors (Lipinski definition) is 1. The molecule has 166 valence electrons. The lowest BCUT2D eigenvalue weighted by molar-refractivity contribution is -0.123. The minimum atomic E-state index is -0.849. The largest absolute Gasteiger partial charge is 0.351 e. The highest BCUT2D eigenvalue weighted by Crippen LogP contribution is 2.31. The van der Waals surface area contributed by atoms with Gasteiger partial charge < -0.3 is 5.32 Å². The first-order valence-electron chi connectivity index (χ1n) is 11.0. The molecule has 0 saturated heterocycles. The molecule has 1 unspecified atom stereocenters. The Labute approximate surface area is 192 Å². The van der Waals surface area contributed by atoms with E-state index in [1.807, 2.05) is 24.3 Å². The van der Waals surface area contributed by atoms with Gasteiger partial charge in [-0.2, -0.15) is 0 Å². The number of rotatable bonds is 7. The Morgan fingerprint density at radius 1 is 1.03 bits per heavy atom. The van der Waals surface area contributed by atoms with Crippen LogP contribution >= 0.6 is 11.5 Å². The number of aromatic nitrogens is 3. The van der Waals surface area contributed by atoms with Crippen LogP contribution in [0.3, 0.4) is 0 Å². The topological polar surface area (TPSA) is 88.1 Å². The van der Waals surface area contributed by atoms with Crippen LogP contribution in [-0.2, 0) is 4.79 Å². The van der Waals surface area contributed by atoms with E-state index in [1.54, 1.807) is 29.9 Å². The van der Waals surface area contributed by atoms with Gasteiger partial charge in [-0.15, -0.1) is 5.10 Å². The number of carbonyl (C=O) groups excluding carboxylic acids is 2. The molecule has 1 N–H and O–H groups in total. The van der Waals surface area contributed by atoms with Gasteiger partial charge in [0.05, 0.1) is 0 Å². The summed E-state index contributed by atoms with van der Waals surface area (Å²) in [5, 5.41) is 8.76. The molecule has 8 heteroatoms. The van der Waals surface area contributed by atoms with Crippen molar-refractivity contribution in [3.8, 4) is 0 Å². The van der Waals surface area contributed by atoms with Crippen molar-refractivity contribution in [3.63, 3.8) is 0 Å². The molecule has 1 saturated carbocycles. The maximum absolute atomic E-state index is 13.6. The Bertz CT molecular complexity index is 1030. The van der Waals surface area contributed by atoms with Crippen LogP contribution in [0.5, 0.6) is 0 Å². The number of nitrogens with zero attached hydrogens (tertiary/aromatic N) is 4. The number of pyridine rings is 1. The smallest absolute Gasteiger partial charge is 0.280 e. The molecule has 0 radical (unpaired) electrons. The first-order valence-corrected chi connectivity index (χ1v) is 11.8. The predicted molar refractivity (Wildman–Crippen MR) is 125 cm³/mol. The minimum Gasteiger partial charge on any atom is -0.351 e. The molecule has 0 spiro atoms. The molecule has 1 atom stereocenters. The quantitative estimate of drug-likeness (QED) is 0.574. The van der Waals surface area contributed by atoms with Gasteiger partial charge in [0.25, 0.3) is 5.91 Å². The van der Waals surface area contributed by atoms with Gasteiger partial charge in [-0.05, 0) is 65.7 Å². The van der Waals surface area contributed by atoms with Gasteiger partial charge in [0.2, 0.25) is 5.91 Å². The highest BCUT2D eigenvalue weighted by molar-refractivity contribution is 7.03. The molecule has 1 aliphatic rings. The summed E-state index contributed by atoms with van der Waals surface area (Å²) < 4.78 is 3.85. The number of amides is 2. The summed E-state index contributed by atoms with van der Waals surface area (Å²) in [6.45, 7) is 4.24. The summed E-state index contributed by atoms with van der Waals surface area (Å²) in [7, 11) is 0. The van der Waals surface area contributed by atoms with Gasteiger partial charge >= 0.3 is 0 Å². The van der Waals surface area contributed by atoms with Crippen molar-refractivity contribution in [3.05, 3.63) is 71.0 Å². The molecule has 4 rings (SSSR count). The molecule has 1 fully saturated rings. The standard InChI is InChI=1S/C24H27N5O2S/c1-16(2)17-7-9-20(10-8-17)29(24(31)21-15-32-28-27-21)22(18-11-13-25-14-12-18)23(30)26-19-5-3-4-6-19/h7-16,19,22H,3-6H2,1-2H3,(H,26,30). The molecule has 0 bridgehead atoms. The van der Waals surface area contributed by atoms with Crippen molar-refractivity contribution < 1.29 is 9.59 Å². The lowest BCUT2D eigenvalue weighted by Gasteiger charge is -2.32. The van der Waals surface area contributed by atoms with Gasteiger partial charge in [0.1, 0.15) is 6.04 Å². The van der Waals surface area contributed by atoms with Gasteiger partial charge in [-0.1, -0.05) is 43.3 Å². The highest BCUT2D eigenvalue weighted by Gasteiger charge is 2.35. The summed E-state index contributed by atoms with van der Waals surface area (Å²) >= 11 is 1.11. The van der Waals surface area contributed by atoms with E-state index in [1.165, 1.54) is 4.90 Å². The molecule has 0 aliphatic heterocycles. The van der Waals surface area contributed by atoms with Crippen LogP contribution in [0.2, 0.25) is 0 Å². The maximum atomic E-state index is 13.6. The zero-order valence-electron chi connectivity index (χ0n) is 18.3. The van der Waals surface area contributed by atoms with Crippen LogP contribution in [0, 0.1) is 0 Å². The minimum absolute atomic E-state index is 0.132. The van der Waals surface area contributed by atoms with E-state index in [2.05, 4.69) is 33.7 Å². The fourth-order valence-corrected chi connectivity index (χ4v) is 4.53. The maximum Gasteiger partial charge on any atom is 0.280 e. The van der Waals surface area contributed by atoms with Crippen LogP contribution in [0.4, 0.5) is 5.69 Å². The van der Waals surface area contributed by atoms with E-state index in [-0.39, 0.29) is 23.6 Å². The van der Waals surface area contributed by atoms with E-state index in [9.17, 15) is 9.59 Å². The Kier molecular flexibility index (Phi) is 6.90. The SMILES string of the molecule is CC(C)c1ccc(N(C(=O)c2csnn2)C(C(=O)NC2CCCC2)c2ccncc2)cc1. The fourth-order valence-electron chi connectivity index (χ4n) is 4.10. The molecule has 3 aromatic rings. The zero-order chi connectivity index (χ0) is 22.5. The van der Waals surface area contributed by atoms with Crippen molar-refractivity contribution in [2.45, 2.75) is 57.5 Å². The Morgan fingerprint density at radius 3 is 2.31 bits per heavy atom. The third-order valence-electron chi connectivity index (χ3n) is 5.87. The third kappa shape index (κ3) is 4.85. The number of carbonyl (C=O) groups is 2. The third-order valence-corrected chi connectivity index (χ3v) is 6.37. The second-order valence-electron chi connectivity index (χ2n) is 8.38. The molecule has 2 aromatic heterocycles. The number of nitrogens with one attached hydrogen (secondary N) is 1. The van der Waals surface area contributed by atoms with E-state index < -0.39 is 6.04 Å². The summed E-state index contributed by atoms with van der Waals surface area (Å²) in [6, 6.07) is 10.6. The van der Waals surface area contributed by atoms with Crippen LogP contribution in [0.15, 0.2) is 54.2 Å². The van der Waals surface area contributed by atoms with E-state index >= 15 is 0 Å². The van der Waals surface area contributed by atoms with Crippen LogP contribution < -0.4 is 10.2 Å². The molecule has 1 aromatic carbocycles. The zero-order valence-corrected chi connectivity index (χ0v) is 19.1. The van der Waals surface area contributed by atoms with Gasteiger partial charge in [0, 0.05) is 29.5 Å². The summed E-state index contributed by atoms with van der Waals surface area (Å²) in [6.07, 6.45) is 7.41. The summed E-state index contributed by atoms with van der Waals surface area (Å²) in [4.78, 5) is 32.8. The van der Waals surface area contributed by atoms with Crippen molar-refractivity contribution in [2.24, 2.45) is 0 Å². The van der Waals surface area contributed by atoms with Gasteiger partial charge in [-0.3, -0.25) is 19.5 Å².